The van der Waals surface area contributed by atoms with E-state index in [2.05, 4.69) is 27.3 Å². The van der Waals surface area contributed by atoms with Gasteiger partial charge in [-0.2, -0.15) is 0 Å². The molecule has 1 fully saturated rings. The van der Waals surface area contributed by atoms with Crippen LogP contribution >= 0.6 is 22.9 Å². The van der Waals surface area contributed by atoms with Gasteiger partial charge in [0.1, 0.15) is 5.01 Å². The van der Waals surface area contributed by atoms with Gasteiger partial charge in [0, 0.05) is 35.4 Å². The van der Waals surface area contributed by atoms with Gasteiger partial charge in [-0.3, -0.25) is 4.79 Å². The van der Waals surface area contributed by atoms with Gasteiger partial charge in [0.25, 0.3) is 0 Å². The van der Waals surface area contributed by atoms with Crippen molar-refractivity contribution in [1.82, 2.24) is 4.98 Å². The van der Waals surface area contributed by atoms with Crippen molar-refractivity contribution >= 4 is 40.2 Å². The van der Waals surface area contributed by atoms with E-state index < -0.39 is 0 Å². The maximum absolute atomic E-state index is 12.5. The monoisotopic (exact) mass is 411 g/mol. The molecule has 144 valence electrons. The van der Waals surface area contributed by atoms with E-state index in [1.54, 1.807) is 0 Å². The second-order valence-electron chi connectivity index (χ2n) is 7.04. The number of hydrogen-bond donors (Lipinski definition) is 1. The van der Waals surface area contributed by atoms with Crippen LogP contribution in [-0.4, -0.2) is 24.0 Å². The highest BCUT2D eigenvalue weighted by Gasteiger charge is 2.15. The number of carbonyl (C=O) groups excluding carboxylic acids is 1. The summed E-state index contributed by atoms with van der Waals surface area (Å²) in [6.45, 7) is 4.26. The highest BCUT2D eigenvalue weighted by Crippen LogP contribution is 2.30. The lowest BCUT2D eigenvalue weighted by Gasteiger charge is -2.19. The lowest BCUT2D eigenvalue weighted by atomic mass is 10.1. The minimum atomic E-state index is -0.0620. The van der Waals surface area contributed by atoms with Crippen LogP contribution < -0.4 is 10.2 Å². The molecule has 1 aromatic heterocycles. The molecule has 6 heteroatoms. The molecule has 0 unspecified atom stereocenters. The number of nitrogens with one attached hydrogen (secondary N) is 1. The Hall–Kier alpha value is -2.37. The maximum atomic E-state index is 12.5. The number of aryl methyl sites for hydroxylation is 1. The van der Waals surface area contributed by atoms with E-state index in [-0.39, 0.29) is 12.3 Å². The van der Waals surface area contributed by atoms with Crippen LogP contribution in [0.4, 0.5) is 11.4 Å². The molecule has 2 heterocycles. The van der Waals surface area contributed by atoms with E-state index in [0.29, 0.717) is 5.02 Å². The number of halogens is 1. The molecule has 28 heavy (non-hydrogen) atoms. The van der Waals surface area contributed by atoms with Gasteiger partial charge < -0.3 is 10.2 Å². The average molecular weight is 412 g/mol. The van der Waals surface area contributed by atoms with Crippen LogP contribution in [0.15, 0.2) is 47.8 Å². The Morgan fingerprint density at radius 3 is 2.75 bits per heavy atom. The molecule has 1 saturated heterocycles. The van der Waals surface area contributed by atoms with Crippen molar-refractivity contribution in [3.8, 4) is 10.6 Å². The number of benzene rings is 2. The first-order chi connectivity index (χ1) is 13.6. The number of hydrogen-bond acceptors (Lipinski definition) is 4. The Morgan fingerprint density at radius 1 is 1.21 bits per heavy atom. The molecule has 0 spiro atoms. The molecule has 1 amide bonds. The number of anilines is 2. The quantitative estimate of drug-likeness (QED) is 0.598. The molecule has 0 aliphatic carbocycles. The lowest BCUT2D eigenvalue weighted by molar-refractivity contribution is -0.115. The normalized spacial score (nSPS) is 13.7. The van der Waals surface area contributed by atoms with Crippen molar-refractivity contribution in [3.63, 3.8) is 0 Å². The summed E-state index contributed by atoms with van der Waals surface area (Å²) in [5, 5.41) is 6.44. The molecule has 1 N–H and O–H groups in total. The number of nitrogens with zero attached hydrogens (tertiary/aromatic N) is 2. The second-order valence-corrected chi connectivity index (χ2v) is 8.31. The fourth-order valence-corrected chi connectivity index (χ4v) is 4.61. The predicted octanol–water partition coefficient (Wildman–Crippen LogP) is 5.55. The molecule has 1 aliphatic heterocycles. The van der Waals surface area contributed by atoms with Gasteiger partial charge in [0.15, 0.2) is 0 Å². The van der Waals surface area contributed by atoms with Gasteiger partial charge in [0.05, 0.1) is 17.1 Å². The fraction of sp³-hybridized carbons (Fsp3) is 0.273. The third-order valence-corrected chi connectivity index (χ3v) is 6.21. The molecule has 1 aliphatic rings. The molecular formula is C22H22ClN3OS. The van der Waals surface area contributed by atoms with Crippen molar-refractivity contribution in [2.75, 3.05) is 23.3 Å². The predicted molar refractivity (Wildman–Crippen MR) is 118 cm³/mol. The first-order valence-electron chi connectivity index (χ1n) is 9.45. The van der Waals surface area contributed by atoms with Crippen molar-refractivity contribution in [2.45, 2.75) is 26.2 Å². The molecule has 0 radical (unpaired) electrons. The molecule has 4 rings (SSSR count). The number of thiazole rings is 1. The molecule has 0 bridgehead atoms. The van der Waals surface area contributed by atoms with E-state index in [1.165, 1.54) is 29.9 Å². The van der Waals surface area contributed by atoms with E-state index >= 15 is 0 Å². The highest BCUT2D eigenvalue weighted by atomic mass is 35.5. The molecule has 0 atom stereocenters. The first-order valence-corrected chi connectivity index (χ1v) is 10.7. The SMILES string of the molecule is Cc1cc(N2CCCC2)ccc1NC(=O)Cc1csc(-c2ccccc2Cl)n1. The van der Waals surface area contributed by atoms with E-state index in [4.69, 9.17) is 11.6 Å². The third-order valence-electron chi connectivity index (χ3n) is 4.95. The largest absolute Gasteiger partial charge is 0.372 e. The second kappa shape index (κ2) is 8.33. The van der Waals surface area contributed by atoms with Gasteiger partial charge >= 0.3 is 0 Å². The summed E-state index contributed by atoms with van der Waals surface area (Å²) in [5.74, 6) is -0.0620. The van der Waals surface area contributed by atoms with E-state index in [9.17, 15) is 4.79 Å². The number of rotatable bonds is 5. The lowest BCUT2D eigenvalue weighted by Crippen LogP contribution is -2.18. The number of carbonyl (C=O) groups is 1. The van der Waals surface area contributed by atoms with Crippen LogP contribution in [0.1, 0.15) is 24.1 Å². The van der Waals surface area contributed by atoms with Crippen LogP contribution in [0.25, 0.3) is 10.6 Å². The van der Waals surface area contributed by atoms with Gasteiger partial charge in [-0.25, -0.2) is 4.98 Å². The van der Waals surface area contributed by atoms with Crippen LogP contribution in [-0.2, 0) is 11.2 Å². The van der Waals surface area contributed by atoms with Gasteiger partial charge in [-0.1, -0.05) is 29.8 Å². The van der Waals surface area contributed by atoms with Crippen molar-refractivity contribution in [2.24, 2.45) is 0 Å². The van der Waals surface area contributed by atoms with Crippen LogP contribution in [0.2, 0.25) is 5.02 Å². The highest BCUT2D eigenvalue weighted by molar-refractivity contribution is 7.13. The maximum Gasteiger partial charge on any atom is 0.230 e. The summed E-state index contributed by atoms with van der Waals surface area (Å²) >= 11 is 7.75. The molecule has 2 aromatic carbocycles. The molecule has 0 saturated carbocycles. The van der Waals surface area contributed by atoms with Crippen molar-refractivity contribution in [1.29, 1.82) is 0 Å². The summed E-state index contributed by atoms with van der Waals surface area (Å²) in [4.78, 5) is 19.5. The van der Waals surface area contributed by atoms with Gasteiger partial charge in [-0.05, 0) is 49.6 Å². The molecule has 3 aromatic rings. The van der Waals surface area contributed by atoms with Gasteiger partial charge in [0.2, 0.25) is 5.91 Å². The minimum absolute atomic E-state index is 0.0620. The first kappa shape index (κ1) is 19.0. The zero-order valence-corrected chi connectivity index (χ0v) is 17.3. The minimum Gasteiger partial charge on any atom is -0.372 e. The van der Waals surface area contributed by atoms with E-state index in [1.807, 2.05) is 42.6 Å². The van der Waals surface area contributed by atoms with E-state index in [0.717, 1.165) is 40.6 Å². The topological polar surface area (TPSA) is 45.2 Å². The summed E-state index contributed by atoms with van der Waals surface area (Å²) in [5.41, 5.74) is 4.82. The summed E-state index contributed by atoms with van der Waals surface area (Å²) < 4.78 is 0. The smallest absolute Gasteiger partial charge is 0.230 e. The molecule has 4 nitrogen and oxygen atoms in total. The standard InChI is InChI=1S/C22H22ClN3OS/c1-15-12-17(26-10-4-5-11-26)8-9-20(15)25-21(27)13-16-14-28-22(24-16)18-6-2-3-7-19(18)23/h2-3,6-9,12,14H,4-5,10-11,13H2,1H3,(H,25,27). The Balaban J connectivity index is 1.41. The summed E-state index contributed by atoms with van der Waals surface area (Å²) in [6, 6.07) is 13.9. The Bertz CT molecular complexity index is 995. The Labute approximate surface area is 174 Å². The zero-order chi connectivity index (χ0) is 19.5. The molecular weight excluding hydrogens is 390 g/mol. The third kappa shape index (κ3) is 4.21. The number of aromatic nitrogens is 1. The number of amides is 1. The zero-order valence-electron chi connectivity index (χ0n) is 15.7. The fourth-order valence-electron chi connectivity index (χ4n) is 3.47. The average Bonchev–Trinajstić information content (AvgIpc) is 3.36. The van der Waals surface area contributed by atoms with Crippen molar-refractivity contribution in [3.05, 3.63) is 64.1 Å². The van der Waals surface area contributed by atoms with Crippen LogP contribution in [0.5, 0.6) is 0 Å². The van der Waals surface area contributed by atoms with Crippen LogP contribution in [0.3, 0.4) is 0 Å². The summed E-state index contributed by atoms with van der Waals surface area (Å²) in [6.07, 6.45) is 2.75. The Kier molecular flexibility index (Phi) is 5.64. The van der Waals surface area contributed by atoms with Crippen LogP contribution in [0, 0.1) is 6.92 Å². The Morgan fingerprint density at radius 2 is 2.00 bits per heavy atom. The van der Waals surface area contributed by atoms with Gasteiger partial charge in [-0.15, -0.1) is 11.3 Å². The summed E-state index contributed by atoms with van der Waals surface area (Å²) in [7, 11) is 0. The van der Waals surface area contributed by atoms with Crippen molar-refractivity contribution < 1.29 is 4.79 Å².